The first-order chi connectivity index (χ1) is 12.0. The Labute approximate surface area is 143 Å². The van der Waals surface area contributed by atoms with Gasteiger partial charge in [-0.05, 0) is 17.7 Å². The maximum Gasteiger partial charge on any atom is 0.244 e. The van der Waals surface area contributed by atoms with Crippen molar-refractivity contribution in [2.45, 2.75) is 17.5 Å². The van der Waals surface area contributed by atoms with Gasteiger partial charge in [0, 0.05) is 6.07 Å². The van der Waals surface area contributed by atoms with Gasteiger partial charge in [0.2, 0.25) is 10.0 Å². The Morgan fingerprint density at radius 1 is 1.04 bits per heavy atom. The van der Waals surface area contributed by atoms with Gasteiger partial charge in [0.05, 0.1) is 25.0 Å². The van der Waals surface area contributed by atoms with Gasteiger partial charge in [-0.15, -0.1) is 0 Å². The van der Waals surface area contributed by atoms with Crippen molar-refractivity contribution in [2.75, 3.05) is 0 Å². The minimum absolute atomic E-state index is 0.110. The van der Waals surface area contributed by atoms with Gasteiger partial charge >= 0.3 is 0 Å². The van der Waals surface area contributed by atoms with Gasteiger partial charge in [-0.25, -0.2) is 21.9 Å². The van der Waals surface area contributed by atoms with Crippen molar-refractivity contribution >= 4 is 10.0 Å². The molecule has 6 nitrogen and oxygen atoms in total. The molecule has 1 atom stereocenters. The molecule has 3 rings (SSSR count). The third kappa shape index (κ3) is 4.06. The van der Waals surface area contributed by atoms with Gasteiger partial charge in [-0.2, -0.15) is 15.0 Å². The van der Waals surface area contributed by atoms with Gasteiger partial charge in [0.25, 0.3) is 0 Å². The van der Waals surface area contributed by atoms with E-state index >= 15 is 0 Å². The van der Waals surface area contributed by atoms with Crippen LogP contribution in [0.3, 0.4) is 0 Å². The maximum absolute atomic E-state index is 13.9. The quantitative estimate of drug-likeness (QED) is 0.728. The van der Waals surface area contributed by atoms with Crippen LogP contribution in [0.1, 0.15) is 11.6 Å². The van der Waals surface area contributed by atoms with Gasteiger partial charge in [-0.1, -0.05) is 30.3 Å². The molecular weight excluding hydrogens is 350 g/mol. The van der Waals surface area contributed by atoms with Crippen LogP contribution in [0, 0.1) is 11.6 Å². The zero-order valence-electron chi connectivity index (χ0n) is 12.9. The minimum atomic E-state index is -4.22. The highest BCUT2D eigenvalue weighted by molar-refractivity contribution is 7.89. The van der Waals surface area contributed by atoms with Crippen LogP contribution in [0.15, 0.2) is 65.8 Å². The predicted molar refractivity (Wildman–Crippen MR) is 85.9 cm³/mol. The van der Waals surface area contributed by atoms with Gasteiger partial charge in [0.1, 0.15) is 16.5 Å². The summed E-state index contributed by atoms with van der Waals surface area (Å²) in [6.07, 6.45) is 2.94. The highest BCUT2D eigenvalue weighted by Gasteiger charge is 2.25. The summed E-state index contributed by atoms with van der Waals surface area (Å²) in [5.74, 6) is -2.01. The first kappa shape index (κ1) is 17.2. The second kappa shape index (κ2) is 7.08. The summed E-state index contributed by atoms with van der Waals surface area (Å²) in [6.45, 7) is 0.110. The summed E-state index contributed by atoms with van der Waals surface area (Å²) >= 11 is 0. The molecule has 9 heteroatoms. The van der Waals surface area contributed by atoms with Crippen LogP contribution >= 0.6 is 0 Å². The number of aromatic nitrogens is 3. The fraction of sp³-hybridized carbons (Fsp3) is 0.125. The molecule has 0 aliphatic carbocycles. The molecule has 1 unspecified atom stereocenters. The third-order valence-corrected chi connectivity index (χ3v) is 5.00. The minimum Gasteiger partial charge on any atom is -0.207 e. The zero-order valence-corrected chi connectivity index (χ0v) is 13.7. The van der Waals surface area contributed by atoms with E-state index in [9.17, 15) is 17.2 Å². The first-order valence-corrected chi connectivity index (χ1v) is 8.80. The molecule has 25 heavy (non-hydrogen) atoms. The van der Waals surface area contributed by atoms with Crippen molar-refractivity contribution in [3.05, 3.63) is 78.1 Å². The Kier molecular flexibility index (Phi) is 4.86. The van der Waals surface area contributed by atoms with Crippen molar-refractivity contribution < 1.29 is 17.2 Å². The number of rotatable bonds is 6. The average Bonchev–Trinajstić information content (AvgIpc) is 3.07. The Morgan fingerprint density at radius 3 is 2.36 bits per heavy atom. The summed E-state index contributed by atoms with van der Waals surface area (Å²) in [5.41, 5.74) is 0.658. The third-order valence-electron chi connectivity index (χ3n) is 3.50. The molecule has 130 valence electrons. The fourth-order valence-corrected chi connectivity index (χ4v) is 3.62. The molecule has 0 aliphatic heterocycles. The van der Waals surface area contributed by atoms with E-state index in [1.54, 1.807) is 30.3 Å². The lowest BCUT2D eigenvalue weighted by Crippen LogP contribution is -2.32. The SMILES string of the molecule is O=S(=O)(NC(Cn1nccn1)c1ccccc1)c1ccc(F)cc1F. The number of benzene rings is 2. The molecule has 0 aliphatic rings. The number of hydrogen-bond acceptors (Lipinski definition) is 4. The number of halogens is 2. The fourth-order valence-electron chi connectivity index (χ4n) is 2.34. The van der Waals surface area contributed by atoms with Crippen LogP contribution in [0.5, 0.6) is 0 Å². The summed E-state index contributed by atoms with van der Waals surface area (Å²) in [5, 5.41) is 7.92. The summed E-state index contributed by atoms with van der Waals surface area (Å²) < 4.78 is 54.5. The van der Waals surface area contributed by atoms with Crippen LogP contribution < -0.4 is 4.72 Å². The second-order valence-electron chi connectivity index (χ2n) is 5.24. The molecule has 1 heterocycles. The van der Waals surface area contributed by atoms with E-state index in [2.05, 4.69) is 14.9 Å². The van der Waals surface area contributed by atoms with E-state index in [0.29, 0.717) is 11.6 Å². The molecule has 2 aromatic carbocycles. The monoisotopic (exact) mass is 364 g/mol. The van der Waals surface area contributed by atoms with Crippen LogP contribution in [-0.4, -0.2) is 23.4 Å². The standard InChI is InChI=1S/C16H14F2N4O2S/c17-13-6-7-16(14(18)10-13)25(23,24)21-15(11-22-19-8-9-20-22)12-4-2-1-3-5-12/h1-10,15,21H,11H2. The lowest BCUT2D eigenvalue weighted by molar-refractivity contribution is 0.443. The second-order valence-corrected chi connectivity index (χ2v) is 6.93. The molecule has 3 aromatic rings. The molecule has 1 aromatic heterocycles. The molecule has 0 fully saturated rings. The van der Waals surface area contributed by atoms with Gasteiger partial charge < -0.3 is 0 Å². The average molecular weight is 364 g/mol. The molecule has 0 spiro atoms. The Morgan fingerprint density at radius 2 is 1.72 bits per heavy atom. The Bertz CT molecular complexity index is 948. The maximum atomic E-state index is 13.9. The lowest BCUT2D eigenvalue weighted by Gasteiger charge is -2.19. The van der Waals surface area contributed by atoms with E-state index in [0.717, 1.165) is 12.1 Å². The lowest BCUT2D eigenvalue weighted by atomic mass is 10.1. The molecule has 0 bridgehead atoms. The van der Waals surface area contributed by atoms with Gasteiger partial charge in [-0.3, -0.25) is 0 Å². The summed E-state index contributed by atoms with van der Waals surface area (Å²) in [7, 11) is -4.22. The zero-order chi connectivity index (χ0) is 17.9. The van der Waals surface area contributed by atoms with Gasteiger partial charge in [0.15, 0.2) is 0 Å². The molecule has 0 amide bonds. The van der Waals surface area contributed by atoms with E-state index in [1.807, 2.05) is 0 Å². The van der Waals surface area contributed by atoms with Crippen molar-refractivity contribution in [2.24, 2.45) is 0 Å². The topological polar surface area (TPSA) is 76.9 Å². The van der Waals surface area contributed by atoms with E-state index < -0.39 is 32.6 Å². The van der Waals surface area contributed by atoms with Crippen molar-refractivity contribution in [1.82, 2.24) is 19.7 Å². The number of hydrogen-bond donors (Lipinski definition) is 1. The summed E-state index contributed by atoms with van der Waals surface area (Å²) in [6, 6.07) is 10.4. The smallest absolute Gasteiger partial charge is 0.207 e. The first-order valence-electron chi connectivity index (χ1n) is 7.32. The Balaban J connectivity index is 1.93. The number of nitrogens with one attached hydrogen (secondary N) is 1. The number of nitrogens with zero attached hydrogens (tertiary/aromatic N) is 3. The molecule has 0 saturated carbocycles. The van der Waals surface area contributed by atoms with E-state index in [1.165, 1.54) is 17.2 Å². The highest BCUT2D eigenvalue weighted by Crippen LogP contribution is 2.21. The van der Waals surface area contributed by atoms with Crippen molar-refractivity contribution in [1.29, 1.82) is 0 Å². The largest absolute Gasteiger partial charge is 0.244 e. The predicted octanol–water partition coefficient (Wildman–Crippen LogP) is 2.28. The van der Waals surface area contributed by atoms with Crippen LogP contribution in [0.25, 0.3) is 0 Å². The molecule has 0 saturated heterocycles. The van der Waals surface area contributed by atoms with E-state index in [4.69, 9.17) is 0 Å². The van der Waals surface area contributed by atoms with Crippen LogP contribution in [-0.2, 0) is 16.6 Å². The van der Waals surface area contributed by atoms with Crippen LogP contribution in [0.4, 0.5) is 8.78 Å². The van der Waals surface area contributed by atoms with Crippen molar-refractivity contribution in [3.8, 4) is 0 Å². The van der Waals surface area contributed by atoms with Crippen LogP contribution in [0.2, 0.25) is 0 Å². The summed E-state index contributed by atoms with van der Waals surface area (Å²) in [4.78, 5) is 0.699. The molecule has 1 N–H and O–H groups in total. The Hall–Kier alpha value is -2.65. The van der Waals surface area contributed by atoms with Crippen molar-refractivity contribution in [3.63, 3.8) is 0 Å². The molecule has 0 radical (unpaired) electrons. The normalized spacial score (nSPS) is 12.9. The highest BCUT2D eigenvalue weighted by atomic mass is 32.2. The molecular formula is C16H14F2N4O2S. The number of sulfonamides is 1. The van der Waals surface area contributed by atoms with E-state index in [-0.39, 0.29) is 6.54 Å².